The van der Waals surface area contributed by atoms with E-state index < -0.39 is 24.0 Å². The van der Waals surface area contributed by atoms with E-state index in [0.717, 1.165) is 5.56 Å². The summed E-state index contributed by atoms with van der Waals surface area (Å²) in [6.45, 7) is 7.86. The van der Waals surface area contributed by atoms with E-state index in [9.17, 15) is 9.59 Å². The van der Waals surface area contributed by atoms with Gasteiger partial charge in [-0.1, -0.05) is 55.1 Å². The number of para-hydroxylation sites is 1. The summed E-state index contributed by atoms with van der Waals surface area (Å²) in [7, 11) is 0. The molecule has 2 aromatic carbocycles. The number of rotatable bonds is 6. The minimum Gasteiger partial charge on any atom is -0.491 e. The summed E-state index contributed by atoms with van der Waals surface area (Å²) in [6, 6.07) is 15.7. The topological polar surface area (TPSA) is 76.7 Å². The van der Waals surface area contributed by atoms with Crippen LogP contribution in [0.15, 0.2) is 66.9 Å². The molecule has 0 radical (unpaired) electrons. The summed E-state index contributed by atoms with van der Waals surface area (Å²) in [4.78, 5) is 25.0. The van der Waals surface area contributed by atoms with Crippen LogP contribution in [0.5, 0.6) is 5.75 Å². The average Bonchev–Trinajstić information content (AvgIpc) is 2.66. The van der Waals surface area contributed by atoms with Crippen LogP contribution in [0.2, 0.25) is 0 Å². The Labute approximate surface area is 164 Å². The fourth-order valence-corrected chi connectivity index (χ4v) is 3.14. The maximum atomic E-state index is 12.9. The molecular formula is C22H24N2O4. The molecule has 0 spiro atoms. The van der Waals surface area contributed by atoms with Gasteiger partial charge in [-0.15, -0.1) is 0 Å². The van der Waals surface area contributed by atoms with Crippen LogP contribution >= 0.6 is 0 Å². The number of carbonyl (C=O) groups is 2. The highest BCUT2D eigenvalue weighted by Crippen LogP contribution is 2.36. The third kappa shape index (κ3) is 4.52. The van der Waals surface area contributed by atoms with Crippen LogP contribution < -0.4 is 15.4 Å². The molecule has 1 heterocycles. The molecule has 3 rings (SSSR count). The van der Waals surface area contributed by atoms with Crippen molar-refractivity contribution < 1.29 is 19.1 Å². The number of nitrogens with one attached hydrogen (secondary N) is 2. The lowest BCUT2D eigenvalue weighted by Gasteiger charge is -2.34. The van der Waals surface area contributed by atoms with E-state index in [1.54, 1.807) is 0 Å². The Hall–Kier alpha value is -3.28. The number of hydrogen-bond donors (Lipinski definition) is 2. The van der Waals surface area contributed by atoms with E-state index >= 15 is 0 Å². The lowest BCUT2D eigenvalue weighted by molar-refractivity contribution is -0.149. The smallest absolute Gasteiger partial charge is 0.319 e. The molecule has 0 aliphatic carbocycles. The minimum absolute atomic E-state index is 0.0507. The summed E-state index contributed by atoms with van der Waals surface area (Å²) in [6.07, 6.45) is -0.0507. The van der Waals surface area contributed by atoms with E-state index in [2.05, 4.69) is 17.2 Å². The first kappa shape index (κ1) is 19.5. The molecule has 1 aliphatic rings. The lowest BCUT2D eigenvalue weighted by atomic mass is 9.88. The van der Waals surface area contributed by atoms with Gasteiger partial charge in [0.25, 0.3) is 0 Å². The zero-order valence-electron chi connectivity index (χ0n) is 16.0. The van der Waals surface area contributed by atoms with E-state index in [-0.39, 0.29) is 12.7 Å². The predicted octanol–water partition coefficient (Wildman–Crippen LogP) is 3.70. The Morgan fingerprint density at radius 1 is 1.11 bits per heavy atom. The lowest BCUT2D eigenvalue weighted by Crippen LogP contribution is -2.51. The minimum atomic E-state index is -0.779. The molecule has 1 fully saturated rings. The van der Waals surface area contributed by atoms with Gasteiger partial charge in [0.15, 0.2) is 0 Å². The molecule has 28 heavy (non-hydrogen) atoms. The monoisotopic (exact) mass is 380 g/mol. The van der Waals surface area contributed by atoms with Gasteiger partial charge in [-0.25, -0.2) is 4.79 Å². The Morgan fingerprint density at radius 2 is 1.79 bits per heavy atom. The molecule has 2 amide bonds. The zero-order valence-corrected chi connectivity index (χ0v) is 16.0. The standard InChI is InChI=1S/C22H24N2O4/c1-14(2)28-18-12-8-7-11-17(18)20-19(15(3)23-22(26)24-20)21(25)27-13-16-9-5-4-6-10-16/h4-12,14,19-20H,3,13H2,1-2H3,(H2,23,24,26). The van der Waals surface area contributed by atoms with Crippen molar-refractivity contribution in [3.05, 3.63) is 78.0 Å². The SMILES string of the molecule is C=C1NC(=O)NC(c2ccccc2OC(C)C)C1C(=O)OCc1ccccc1. The van der Waals surface area contributed by atoms with Gasteiger partial charge >= 0.3 is 12.0 Å². The van der Waals surface area contributed by atoms with Crippen molar-refractivity contribution in [2.45, 2.75) is 32.6 Å². The van der Waals surface area contributed by atoms with Crippen LogP contribution in [0.3, 0.4) is 0 Å². The first-order valence-corrected chi connectivity index (χ1v) is 9.18. The molecule has 1 aliphatic heterocycles. The molecule has 0 saturated carbocycles. The second-order valence-electron chi connectivity index (χ2n) is 6.88. The molecule has 2 unspecified atom stereocenters. The van der Waals surface area contributed by atoms with E-state index in [0.29, 0.717) is 17.0 Å². The molecule has 6 heteroatoms. The second-order valence-corrected chi connectivity index (χ2v) is 6.88. The van der Waals surface area contributed by atoms with Crippen molar-refractivity contribution in [3.63, 3.8) is 0 Å². The molecular weight excluding hydrogens is 356 g/mol. The summed E-state index contributed by atoms with van der Waals surface area (Å²) in [5.74, 6) is -0.637. The number of carbonyl (C=O) groups excluding carboxylic acids is 2. The molecule has 0 bridgehead atoms. The highest BCUT2D eigenvalue weighted by Gasteiger charge is 2.40. The molecule has 2 N–H and O–H groups in total. The van der Waals surface area contributed by atoms with E-state index in [4.69, 9.17) is 9.47 Å². The first-order valence-electron chi connectivity index (χ1n) is 9.18. The van der Waals surface area contributed by atoms with Crippen LogP contribution in [0.4, 0.5) is 4.79 Å². The maximum absolute atomic E-state index is 12.9. The van der Waals surface area contributed by atoms with E-state index in [1.807, 2.05) is 68.4 Å². The number of hydrogen-bond acceptors (Lipinski definition) is 4. The number of esters is 1. The van der Waals surface area contributed by atoms with Crippen LogP contribution in [-0.2, 0) is 16.1 Å². The summed E-state index contributed by atoms with van der Waals surface area (Å²) < 4.78 is 11.4. The van der Waals surface area contributed by atoms with Gasteiger partial charge < -0.3 is 20.1 Å². The van der Waals surface area contributed by atoms with Crippen molar-refractivity contribution >= 4 is 12.0 Å². The summed E-state index contributed by atoms with van der Waals surface area (Å²) >= 11 is 0. The molecule has 1 saturated heterocycles. The van der Waals surface area contributed by atoms with Gasteiger partial charge in [0, 0.05) is 11.3 Å². The van der Waals surface area contributed by atoms with Crippen molar-refractivity contribution in [2.24, 2.45) is 5.92 Å². The Kier molecular flexibility index (Phi) is 5.99. The van der Waals surface area contributed by atoms with Crippen LogP contribution in [0.25, 0.3) is 0 Å². The average molecular weight is 380 g/mol. The third-order valence-corrected chi connectivity index (χ3v) is 4.36. The summed E-state index contributed by atoms with van der Waals surface area (Å²) in [5, 5.41) is 5.40. The fraction of sp³-hybridized carbons (Fsp3) is 0.273. The number of amides is 2. The van der Waals surface area contributed by atoms with Crippen molar-refractivity contribution in [1.82, 2.24) is 10.6 Å². The fourth-order valence-electron chi connectivity index (χ4n) is 3.14. The van der Waals surface area contributed by atoms with Gasteiger partial charge in [0.1, 0.15) is 18.3 Å². The largest absolute Gasteiger partial charge is 0.491 e. The van der Waals surface area contributed by atoms with Gasteiger partial charge in [-0.2, -0.15) is 0 Å². The number of ether oxygens (including phenoxy) is 2. The maximum Gasteiger partial charge on any atom is 0.319 e. The molecule has 2 atom stereocenters. The van der Waals surface area contributed by atoms with Crippen LogP contribution in [0.1, 0.15) is 31.0 Å². The number of benzene rings is 2. The van der Waals surface area contributed by atoms with Gasteiger partial charge in [0.05, 0.1) is 12.1 Å². The van der Waals surface area contributed by atoms with Crippen LogP contribution in [0, 0.1) is 5.92 Å². The molecule has 2 aromatic rings. The Balaban J connectivity index is 1.86. The van der Waals surface area contributed by atoms with Crippen molar-refractivity contribution in [3.8, 4) is 5.75 Å². The zero-order chi connectivity index (χ0) is 20.1. The second kappa shape index (κ2) is 8.61. The normalized spacial score (nSPS) is 19.0. The quantitative estimate of drug-likeness (QED) is 0.749. The van der Waals surface area contributed by atoms with Crippen LogP contribution in [-0.4, -0.2) is 18.1 Å². The molecule has 0 aromatic heterocycles. The van der Waals surface area contributed by atoms with Gasteiger partial charge in [0.2, 0.25) is 0 Å². The first-order chi connectivity index (χ1) is 13.5. The van der Waals surface area contributed by atoms with Crippen molar-refractivity contribution in [1.29, 1.82) is 0 Å². The summed E-state index contributed by atoms with van der Waals surface area (Å²) in [5.41, 5.74) is 1.88. The van der Waals surface area contributed by atoms with Crippen molar-refractivity contribution in [2.75, 3.05) is 0 Å². The van der Waals surface area contributed by atoms with Gasteiger partial charge in [-0.3, -0.25) is 4.79 Å². The molecule has 146 valence electrons. The Bertz CT molecular complexity index is 864. The highest BCUT2D eigenvalue weighted by molar-refractivity contribution is 5.85. The third-order valence-electron chi connectivity index (χ3n) is 4.36. The number of urea groups is 1. The molecule has 6 nitrogen and oxygen atoms in total. The highest BCUT2D eigenvalue weighted by atomic mass is 16.5. The Morgan fingerprint density at radius 3 is 2.50 bits per heavy atom. The predicted molar refractivity (Wildman–Crippen MR) is 105 cm³/mol. The van der Waals surface area contributed by atoms with E-state index in [1.165, 1.54) is 0 Å². The van der Waals surface area contributed by atoms with Gasteiger partial charge in [-0.05, 0) is 25.5 Å².